The predicted octanol–water partition coefficient (Wildman–Crippen LogP) is 5.12. The van der Waals surface area contributed by atoms with Gasteiger partial charge in [0.1, 0.15) is 0 Å². The third-order valence-electron chi connectivity index (χ3n) is 4.42. The Morgan fingerprint density at radius 2 is 1.57 bits per heavy atom. The van der Waals surface area contributed by atoms with Gasteiger partial charge in [-0.3, -0.25) is 0 Å². The molecule has 0 aliphatic heterocycles. The number of fused-ring (bicyclic) bond motifs is 1. The Labute approximate surface area is 145 Å². The number of benzene rings is 3. The van der Waals surface area contributed by atoms with Gasteiger partial charge in [0.25, 0.3) is 0 Å². The number of halogens is 1. The number of hydrogen-bond donors (Lipinski definition) is 1. The van der Waals surface area contributed by atoms with Crippen molar-refractivity contribution in [2.45, 2.75) is 19.3 Å². The third kappa shape index (κ3) is 4.13. The molecule has 2 heteroatoms. The molecule has 0 amide bonds. The maximum atomic E-state index is 3.35. The molecule has 0 aliphatic rings. The predicted molar refractivity (Wildman–Crippen MR) is 103 cm³/mol. The maximum absolute atomic E-state index is 3.35. The second kappa shape index (κ2) is 8.14. The number of likely N-dealkylation sites (N-methyl/N-ethyl adjacent to an activating group) is 1. The third-order valence-corrected chi connectivity index (χ3v) is 4.42. The minimum absolute atomic E-state index is 0. The van der Waals surface area contributed by atoms with Crippen LogP contribution in [0.15, 0.2) is 66.7 Å². The van der Waals surface area contributed by atoms with Crippen LogP contribution in [-0.4, -0.2) is 13.6 Å². The van der Waals surface area contributed by atoms with Gasteiger partial charge in [-0.2, -0.15) is 0 Å². The van der Waals surface area contributed by atoms with Gasteiger partial charge in [0, 0.05) is 12.5 Å². The molecule has 1 N–H and O–H groups in total. The lowest BCUT2D eigenvalue weighted by Gasteiger charge is -2.19. The lowest BCUT2D eigenvalue weighted by atomic mass is 9.89. The molecule has 0 saturated heterocycles. The van der Waals surface area contributed by atoms with Crippen molar-refractivity contribution in [3.05, 3.63) is 83.4 Å². The lowest BCUT2D eigenvalue weighted by molar-refractivity contribution is 0.625. The van der Waals surface area contributed by atoms with Crippen molar-refractivity contribution in [3.63, 3.8) is 0 Å². The first kappa shape index (κ1) is 17.5. The average molecular weight is 326 g/mol. The van der Waals surface area contributed by atoms with Crippen LogP contribution in [0.4, 0.5) is 0 Å². The molecule has 1 atom stereocenters. The largest absolute Gasteiger partial charge is 0.319 e. The summed E-state index contributed by atoms with van der Waals surface area (Å²) in [5.41, 5.74) is 4.23. The van der Waals surface area contributed by atoms with Crippen molar-refractivity contribution in [3.8, 4) is 0 Å². The quantitative estimate of drug-likeness (QED) is 0.687. The summed E-state index contributed by atoms with van der Waals surface area (Å²) in [6.07, 6.45) is 1.08. The first-order valence-corrected chi connectivity index (χ1v) is 7.96. The Morgan fingerprint density at radius 1 is 0.870 bits per heavy atom. The molecule has 0 fully saturated rings. The summed E-state index contributed by atoms with van der Waals surface area (Å²) in [7, 11) is 2.03. The number of rotatable bonds is 5. The summed E-state index contributed by atoms with van der Waals surface area (Å²) in [5.74, 6) is 0.496. The van der Waals surface area contributed by atoms with E-state index in [9.17, 15) is 0 Å². The van der Waals surface area contributed by atoms with E-state index in [1.807, 2.05) is 7.05 Å². The van der Waals surface area contributed by atoms with Crippen molar-refractivity contribution >= 4 is 23.2 Å². The summed E-state index contributed by atoms with van der Waals surface area (Å²) in [4.78, 5) is 0. The van der Waals surface area contributed by atoms with Crippen molar-refractivity contribution in [1.29, 1.82) is 0 Å². The van der Waals surface area contributed by atoms with Gasteiger partial charge in [0.05, 0.1) is 0 Å². The summed E-state index contributed by atoms with van der Waals surface area (Å²) in [5, 5.41) is 5.99. The molecule has 0 aromatic heterocycles. The van der Waals surface area contributed by atoms with Gasteiger partial charge in [-0.25, -0.2) is 0 Å². The van der Waals surface area contributed by atoms with Crippen LogP contribution in [0.25, 0.3) is 10.8 Å². The second-order valence-electron chi connectivity index (χ2n) is 5.99. The highest BCUT2D eigenvalue weighted by molar-refractivity contribution is 5.85. The Balaban J connectivity index is 0.00000192. The zero-order valence-corrected chi connectivity index (χ0v) is 14.6. The normalized spacial score (nSPS) is 11.9. The number of hydrogen-bond acceptors (Lipinski definition) is 1. The van der Waals surface area contributed by atoms with Crippen LogP contribution >= 0.6 is 12.4 Å². The van der Waals surface area contributed by atoms with E-state index in [2.05, 4.69) is 79.0 Å². The van der Waals surface area contributed by atoms with E-state index in [1.165, 1.54) is 27.5 Å². The molecule has 0 aliphatic carbocycles. The minimum atomic E-state index is 0. The van der Waals surface area contributed by atoms with Crippen molar-refractivity contribution in [2.75, 3.05) is 13.6 Å². The van der Waals surface area contributed by atoms with Crippen LogP contribution in [0, 0.1) is 6.92 Å². The molecular weight excluding hydrogens is 302 g/mol. The molecule has 0 spiro atoms. The zero-order chi connectivity index (χ0) is 15.4. The fraction of sp³-hybridized carbons (Fsp3) is 0.238. The van der Waals surface area contributed by atoms with Crippen LogP contribution < -0.4 is 5.32 Å². The van der Waals surface area contributed by atoms with E-state index < -0.39 is 0 Å². The molecule has 0 heterocycles. The minimum Gasteiger partial charge on any atom is -0.319 e. The molecule has 0 saturated carbocycles. The Bertz CT molecular complexity index is 766. The summed E-state index contributed by atoms with van der Waals surface area (Å²) in [6, 6.07) is 24.1. The maximum Gasteiger partial charge on any atom is 0.00203 e. The SMILES string of the molecule is CNCC(Cc1ccccc1C)c1ccc2ccccc2c1.Cl. The molecule has 23 heavy (non-hydrogen) atoms. The molecule has 120 valence electrons. The van der Waals surface area contributed by atoms with Crippen LogP contribution in [0.1, 0.15) is 22.6 Å². The Hall–Kier alpha value is -1.83. The molecular formula is C21H24ClN. The van der Waals surface area contributed by atoms with Gasteiger partial charge in [0.15, 0.2) is 0 Å². The standard InChI is InChI=1S/C21H23N.ClH/c1-16-7-3-4-9-18(16)13-21(15-22-2)20-12-11-17-8-5-6-10-19(17)14-20;/h3-12,14,21-22H,13,15H2,1-2H3;1H. The number of aryl methyl sites for hydroxylation is 1. The molecule has 0 bridgehead atoms. The smallest absolute Gasteiger partial charge is 0.00203 e. The first-order valence-electron chi connectivity index (χ1n) is 7.96. The Kier molecular flexibility index (Phi) is 6.20. The van der Waals surface area contributed by atoms with E-state index >= 15 is 0 Å². The molecule has 1 unspecified atom stereocenters. The van der Waals surface area contributed by atoms with Gasteiger partial charge in [-0.05, 0) is 47.9 Å². The van der Waals surface area contributed by atoms with Gasteiger partial charge in [0.2, 0.25) is 0 Å². The highest BCUT2D eigenvalue weighted by Crippen LogP contribution is 2.25. The van der Waals surface area contributed by atoms with Crippen molar-refractivity contribution in [1.82, 2.24) is 5.32 Å². The van der Waals surface area contributed by atoms with Gasteiger partial charge in [-0.1, -0.05) is 66.7 Å². The fourth-order valence-corrected chi connectivity index (χ4v) is 3.12. The average Bonchev–Trinajstić information content (AvgIpc) is 2.56. The number of nitrogens with one attached hydrogen (secondary N) is 1. The van der Waals surface area contributed by atoms with E-state index in [0.29, 0.717) is 5.92 Å². The molecule has 3 aromatic carbocycles. The van der Waals surface area contributed by atoms with E-state index in [4.69, 9.17) is 0 Å². The molecule has 3 aromatic rings. The van der Waals surface area contributed by atoms with E-state index in [-0.39, 0.29) is 12.4 Å². The van der Waals surface area contributed by atoms with Crippen molar-refractivity contribution < 1.29 is 0 Å². The zero-order valence-electron chi connectivity index (χ0n) is 13.8. The van der Waals surface area contributed by atoms with Crippen LogP contribution in [0.5, 0.6) is 0 Å². The summed E-state index contributed by atoms with van der Waals surface area (Å²) < 4.78 is 0. The van der Waals surface area contributed by atoms with E-state index in [0.717, 1.165) is 13.0 Å². The van der Waals surface area contributed by atoms with Gasteiger partial charge in [-0.15, -0.1) is 12.4 Å². The Morgan fingerprint density at radius 3 is 2.30 bits per heavy atom. The molecule has 0 radical (unpaired) electrons. The van der Waals surface area contributed by atoms with Gasteiger partial charge >= 0.3 is 0 Å². The van der Waals surface area contributed by atoms with Crippen LogP contribution in [0.3, 0.4) is 0 Å². The lowest BCUT2D eigenvalue weighted by Crippen LogP contribution is -2.19. The highest BCUT2D eigenvalue weighted by Gasteiger charge is 2.13. The molecule has 1 nitrogen and oxygen atoms in total. The van der Waals surface area contributed by atoms with Gasteiger partial charge < -0.3 is 5.32 Å². The summed E-state index contributed by atoms with van der Waals surface area (Å²) >= 11 is 0. The summed E-state index contributed by atoms with van der Waals surface area (Å²) in [6.45, 7) is 3.19. The first-order chi connectivity index (χ1) is 10.8. The van der Waals surface area contributed by atoms with E-state index in [1.54, 1.807) is 0 Å². The molecule has 3 rings (SSSR count). The van der Waals surface area contributed by atoms with Crippen LogP contribution in [0.2, 0.25) is 0 Å². The fourth-order valence-electron chi connectivity index (χ4n) is 3.12. The monoisotopic (exact) mass is 325 g/mol. The highest BCUT2D eigenvalue weighted by atomic mass is 35.5. The van der Waals surface area contributed by atoms with Crippen LogP contribution in [-0.2, 0) is 6.42 Å². The second-order valence-corrected chi connectivity index (χ2v) is 5.99. The topological polar surface area (TPSA) is 12.0 Å². The van der Waals surface area contributed by atoms with Crippen molar-refractivity contribution in [2.24, 2.45) is 0 Å².